The summed E-state index contributed by atoms with van der Waals surface area (Å²) in [7, 11) is 1.37. The Morgan fingerprint density at radius 1 is 1.75 bits per heavy atom. The average Bonchev–Trinajstić information content (AvgIpc) is 2.65. The second-order valence-electron chi connectivity index (χ2n) is 4.14. The summed E-state index contributed by atoms with van der Waals surface area (Å²) < 4.78 is 4.56. The van der Waals surface area contributed by atoms with Gasteiger partial charge in [-0.2, -0.15) is 0 Å². The van der Waals surface area contributed by atoms with Crippen molar-refractivity contribution in [2.24, 2.45) is 5.73 Å². The number of rotatable bonds is 4. The molecule has 0 aliphatic carbocycles. The van der Waals surface area contributed by atoms with Gasteiger partial charge in [0.25, 0.3) is 0 Å². The Kier molecular flexibility index (Phi) is 4.95. The molecule has 0 spiro atoms. The lowest BCUT2D eigenvalue weighted by Crippen LogP contribution is -2.39. The monoisotopic (exact) mass is 245 g/mol. The summed E-state index contributed by atoms with van der Waals surface area (Å²) in [4.78, 5) is 13.8. The molecule has 16 heavy (non-hydrogen) atoms. The minimum atomic E-state index is -0.367. The highest BCUT2D eigenvalue weighted by molar-refractivity contribution is 7.80. The summed E-state index contributed by atoms with van der Waals surface area (Å²) in [6, 6.07) is 0.503. The fourth-order valence-electron chi connectivity index (χ4n) is 1.95. The van der Waals surface area contributed by atoms with Crippen molar-refractivity contribution in [1.82, 2.24) is 10.2 Å². The number of thiocarbonyl (C=S) groups is 1. The first-order valence-corrected chi connectivity index (χ1v) is 5.80. The van der Waals surface area contributed by atoms with Crippen LogP contribution in [-0.2, 0) is 4.74 Å². The second kappa shape index (κ2) is 6.00. The first kappa shape index (κ1) is 13.2. The van der Waals surface area contributed by atoms with Crippen LogP contribution >= 0.6 is 12.2 Å². The van der Waals surface area contributed by atoms with Gasteiger partial charge in [-0.25, -0.2) is 4.79 Å². The van der Waals surface area contributed by atoms with Gasteiger partial charge in [-0.15, -0.1) is 0 Å². The van der Waals surface area contributed by atoms with E-state index in [0.29, 0.717) is 11.0 Å². The summed E-state index contributed by atoms with van der Waals surface area (Å²) in [6.07, 6.45) is 1.30. The van der Waals surface area contributed by atoms with E-state index in [9.17, 15) is 4.79 Å². The van der Waals surface area contributed by atoms with Gasteiger partial charge in [0.2, 0.25) is 0 Å². The highest BCUT2D eigenvalue weighted by Gasteiger charge is 2.27. The Morgan fingerprint density at radius 2 is 2.44 bits per heavy atom. The maximum Gasteiger partial charge on any atom is 0.407 e. The van der Waals surface area contributed by atoms with Crippen LogP contribution in [0.5, 0.6) is 0 Å². The van der Waals surface area contributed by atoms with Crippen LogP contribution in [0.1, 0.15) is 19.8 Å². The predicted octanol–water partition coefficient (Wildman–Crippen LogP) is 0.481. The number of nitrogens with one attached hydrogen (secondary N) is 1. The molecule has 1 rings (SSSR count). The van der Waals surface area contributed by atoms with E-state index in [1.54, 1.807) is 0 Å². The predicted molar refractivity (Wildman–Crippen MR) is 66.4 cm³/mol. The molecule has 1 aliphatic heterocycles. The quantitative estimate of drug-likeness (QED) is 0.705. The third-order valence-corrected chi connectivity index (χ3v) is 3.01. The number of nitrogens with zero attached hydrogens (tertiary/aromatic N) is 1. The van der Waals surface area contributed by atoms with Crippen LogP contribution in [0.3, 0.4) is 0 Å². The topological polar surface area (TPSA) is 67.6 Å². The van der Waals surface area contributed by atoms with Crippen molar-refractivity contribution in [3.63, 3.8) is 0 Å². The molecule has 2 atom stereocenters. The molecule has 2 unspecified atom stereocenters. The lowest BCUT2D eigenvalue weighted by molar-refractivity contribution is 0.165. The zero-order chi connectivity index (χ0) is 12.1. The number of nitrogens with two attached hydrogens (primary N) is 1. The normalized spacial score (nSPS) is 22.8. The summed E-state index contributed by atoms with van der Waals surface area (Å²) >= 11 is 4.89. The van der Waals surface area contributed by atoms with E-state index in [1.807, 2.05) is 0 Å². The number of methoxy groups -OCH3 is 1. The molecule has 5 nitrogen and oxygen atoms in total. The van der Waals surface area contributed by atoms with E-state index >= 15 is 0 Å². The SMILES string of the molecule is COC(=O)NC1CCN(C(C)CC(N)=S)C1. The number of ether oxygens (including phenoxy) is 1. The minimum Gasteiger partial charge on any atom is -0.453 e. The number of hydrogen-bond acceptors (Lipinski definition) is 4. The van der Waals surface area contributed by atoms with Crippen LogP contribution in [-0.4, -0.2) is 48.3 Å². The smallest absolute Gasteiger partial charge is 0.407 e. The first-order valence-electron chi connectivity index (χ1n) is 5.39. The Bertz CT molecular complexity index is 273. The van der Waals surface area contributed by atoms with E-state index in [0.717, 1.165) is 25.9 Å². The Hall–Kier alpha value is -0.880. The number of likely N-dealkylation sites (tertiary alicyclic amines) is 1. The van der Waals surface area contributed by atoms with Gasteiger partial charge in [0, 0.05) is 31.6 Å². The van der Waals surface area contributed by atoms with E-state index in [-0.39, 0.29) is 12.1 Å². The van der Waals surface area contributed by atoms with Crippen LogP contribution in [0.4, 0.5) is 4.79 Å². The molecule has 92 valence electrons. The van der Waals surface area contributed by atoms with Gasteiger partial charge in [-0.1, -0.05) is 12.2 Å². The Balaban J connectivity index is 2.34. The molecule has 0 saturated carbocycles. The summed E-state index contributed by atoms with van der Waals surface area (Å²) in [5.74, 6) is 0. The van der Waals surface area contributed by atoms with Gasteiger partial charge >= 0.3 is 6.09 Å². The van der Waals surface area contributed by atoms with Gasteiger partial charge in [0.05, 0.1) is 12.1 Å². The number of alkyl carbamates (subject to hydrolysis) is 1. The highest BCUT2D eigenvalue weighted by Crippen LogP contribution is 2.14. The molecular formula is C10H19N3O2S. The molecule has 1 amide bonds. The zero-order valence-corrected chi connectivity index (χ0v) is 10.5. The third kappa shape index (κ3) is 3.94. The van der Waals surface area contributed by atoms with Crippen molar-refractivity contribution in [2.45, 2.75) is 31.8 Å². The number of amides is 1. The summed E-state index contributed by atoms with van der Waals surface area (Å²) in [5, 5.41) is 2.80. The molecule has 1 aliphatic rings. The third-order valence-electron chi connectivity index (χ3n) is 2.85. The van der Waals surface area contributed by atoms with E-state index in [2.05, 4.69) is 21.9 Å². The van der Waals surface area contributed by atoms with Crippen molar-refractivity contribution in [1.29, 1.82) is 0 Å². The molecule has 6 heteroatoms. The second-order valence-corrected chi connectivity index (χ2v) is 4.66. The van der Waals surface area contributed by atoms with Crippen LogP contribution in [0.25, 0.3) is 0 Å². The molecule has 1 fully saturated rings. The van der Waals surface area contributed by atoms with Crippen molar-refractivity contribution in [3.05, 3.63) is 0 Å². The average molecular weight is 245 g/mol. The molecule has 0 aromatic heterocycles. The van der Waals surface area contributed by atoms with E-state index in [4.69, 9.17) is 18.0 Å². The van der Waals surface area contributed by atoms with Crippen molar-refractivity contribution >= 4 is 23.3 Å². The number of hydrogen-bond donors (Lipinski definition) is 2. The van der Waals surface area contributed by atoms with Crippen LogP contribution in [0, 0.1) is 0 Å². The van der Waals surface area contributed by atoms with E-state index in [1.165, 1.54) is 7.11 Å². The van der Waals surface area contributed by atoms with Gasteiger partial charge in [0.1, 0.15) is 0 Å². The molecule has 3 N–H and O–H groups in total. The largest absolute Gasteiger partial charge is 0.453 e. The number of carbonyl (C=O) groups is 1. The standard InChI is InChI=1S/C10H19N3O2S/c1-7(5-9(11)16)13-4-3-8(6-13)12-10(14)15-2/h7-8H,3-6H2,1-2H3,(H2,11,16)(H,12,14). The van der Waals surface area contributed by atoms with Crippen LogP contribution in [0.2, 0.25) is 0 Å². The summed E-state index contributed by atoms with van der Waals surface area (Å²) in [5.41, 5.74) is 5.51. The van der Waals surface area contributed by atoms with Crippen molar-refractivity contribution in [2.75, 3.05) is 20.2 Å². The van der Waals surface area contributed by atoms with Gasteiger partial charge in [0.15, 0.2) is 0 Å². The summed E-state index contributed by atoms with van der Waals surface area (Å²) in [6.45, 7) is 3.89. The fraction of sp³-hybridized carbons (Fsp3) is 0.800. The molecular weight excluding hydrogens is 226 g/mol. The maximum absolute atomic E-state index is 11.0. The van der Waals surface area contributed by atoms with Crippen LogP contribution in [0.15, 0.2) is 0 Å². The van der Waals surface area contributed by atoms with Gasteiger partial charge < -0.3 is 15.8 Å². The van der Waals surface area contributed by atoms with Crippen molar-refractivity contribution < 1.29 is 9.53 Å². The fourth-order valence-corrected chi connectivity index (χ4v) is 2.19. The maximum atomic E-state index is 11.0. The number of carbonyl (C=O) groups excluding carboxylic acids is 1. The first-order chi connectivity index (χ1) is 7.52. The molecule has 0 bridgehead atoms. The minimum absolute atomic E-state index is 0.168. The lowest BCUT2D eigenvalue weighted by Gasteiger charge is -2.23. The van der Waals surface area contributed by atoms with Crippen LogP contribution < -0.4 is 11.1 Å². The molecule has 1 heterocycles. The Labute approximate surface area is 101 Å². The van der Waals surface area contributed by atoms with Gasteiger partial charge in [-0.3, -0.25) is 4.90 Å². The lowest BCUT2D eigenvalue weighted by atomic mass is 10.2. The zero-order valence-electron chi connectivity index (χ0n) is 9.73. The molecule has 1 saturated heterocycles. The highest BCUT2D eigenvalue weighted by atomic mass is 32.1. The van der Waals surface area contributed by atoms with Gasteiger partial charge in [-0.05, 0) is 13.3 Å². The molecule has 0 aromatic carbocycles. The van der Waals surface area contributed by atoms with Crippen molar-refractivity contribution in [3.8, 4) is 0 Å². The molecule has 0 radical (unpaired) electrons. The van der Waals surface area contributed by atoms with E-state index < -0.39 is 0 Å². The molecule has 0 aromatic rings. The Morgan fingerprint density at radius 3 is 3.00 bits per heavy atom.